The van der Waals surface area contributed by atoms with E-state index in [-0.39, 0.29) is 17.8 Å². The van der Waals surface area contributed by atoms with Gasteiger partial charge in [-0.2, -0.15) is 0 Å². The van der Waals surface area contributed by atoms with Crippen LogP contribution in [-0.4, -0.2) is 41.4 Å². The number of rotatable bonds is 3. The Bertz CT molecular complexity index is 747. The average Bonchev–Trinajstić information content (AvgIpc) is 2.62. The second-order valence-corrected chi connectivity index (χ2v) is 5.45. The molecule has 1 unspecified atom stereocenters. The fourth-order valence-electron chi connectivity index (χ4n) is 2.53. The van der Waals surface area contributed by atoms with Crippen molar-refractivity contribution in [2.24, 2.45) is 5.73 Å². The second kappa shape index (κ2) is 6.76. The summed E-state index contributed by atoms with van der Waals surface area (Å²) in [5, 5.41) is 0. The van der Waals surface area contributed by atoms with Crippen molar-refractivity contribution in [2.75, 3.05) is 19.7 Å². The van der Waals surface area contributed by atoms with E-state index in [1.54, 1.807) is 17.0 Å². The lowest BCUT2D eigenvalue weighted by Gasteiger charge is -2.32. The number of halogens is 1. The van der Waals surface area contributed by atoms with Gasteiger partial charge in [0.05, 0.1) is 24.4 Å². The lowest BCUT2D eigenvalue weighted by atomic mass is 10.1. The minimum Gasteiger partial charge on any atom is -0.368 e. The molecule has 1 aromatic heterocycles. The van der Waals surface area contributed by atoms with Crippen LogP contribution >= 0.6 is 0 Å². The first-order valence-corrected chi connectivity index (χ1v) is 7.47. The van der Waals surface area contributed by atoms with Gasteiger partial charge >= 0.3 is 0 Å². The van der Waals surface area contributed by atoms with Crippen molar-refractivity contribution >= 4 is 11.8 Å². The highest BCUT2D eigenvalue weighted by Gasteiger charge is 2.27. The molecule has 24 heavy (non-hydrogen) atoms. The molecule has 2 aromatic rings. The Balaban J connectivity index is 1.72. The summed E-state index contributed by atoms with van der Waals surface area (Å²) in [6.45, 7) is 1.15. The first-order valence-electron chi connectivity index (χ1n) is 7.47. The first kappa shape index (κ1) is 16.1. The normalized spacial score (nSPS) is 17.5. The monoisotopic (exact) mass is 329 g/mol. The number of morpholine rings is 1. The number of ether oxygens (including phenoxy) is 1. The number of benzene rings is 1. The third kappa shape index (κ3) is 3.41. The number of aromatic nitrogens is 1. The molecule has 1 aromatic carbocycles. The number of hydrogen-bond donors (Lipinski definition) is 1. The van der Waals surface area contributed by atoms with Gasteiger partial charge in [-0.25, -0.2) is 4.39 Å². The molecular weight excluding hydrogens is 313 g/mol. The van der Waals surface area contributed by atoms with E-state index in [9.17, 15) is 14.0 Å². The van der Waals surface area contributed by atoms with Gasteiger partial charge in [-0.1, -0.05) is 0 Å². The van der Waals surface area contributed by atoms with E-state index < -0.39 is 5.91 Å². The molecule has 7 heteroatoms. The van der Waals surface area contributed by atoms with Crippen molar-refractivity contribution in [1.29, 1.82) is 0 Å². The Kier molecular flexibility index (Phi) is 4.52. The van der Waals surface area contributed by atoms with Gasteiger partial charge in [-0.15, -0.1) is 0 Å². The fourth-order valence-corrected chi connectivity index (χ4v) is 2.53. The van der Waals surface area contributed by atoms with Gasteiger partial charge in [0.15, 0.2) is 0 Å². The molecular formula is C17H16FN3O3. The molecule has 1 aliphatic rings. The van der Waals surface area contributed by atoms with Gasteiger partial charge in [-0.05, 0) is 36.4 Å². The quantitative estimate of drug-likeness (QED) is 0.925. The number of pyridine rings is 1. The summed E-state index contributed by atoms with van der Waals surface area (Å²) >= 11 is 0. The Hall–Kier alpha value is -2.80. The Labute approximate surface area is 138 Å². The van der Waals surface area contributed by atoms with Gasteiger partial charge in [0.25, 0.3) is 5.91 Å². The fraction of sp³-hybridized carbons (Fsp3) is 0.235. The number of amides is 2. The Morgan fingerprint density at radius 3 is 2.50 bits per heavy atom. The molecule has 1 fully saturated rings. The predicted octanol–water partition coefficient (Wildman–Crippen LogP) is 1.53. The summed E-state index contributed by atoms with van der Waals surface area (Å²) in [7, 11) is 0. The number of carbonyl (C=O) groups excluding carboxylic acids is 2. The molecule has 1 aliphatic heterocycles. The molecule has 1 atom stereocenters. The van der Waals surface area contributed by atoms with E-state index in [1.807, 2.05) is 0 Å². The van der Waals surface area contributed by atoms with Crippen molar-refractivity contribution in [2.45, 2.75) is 6.10 Å². The predicted molar refractivity (Wildman–Crippen MR) is 83.8 cm³/mol. The van der Waals surface area contributed by atoms with Gasteiger partial charge in [0, 0.05) is 18.3 Å². The van der Waals surface area contributed by atoms with E-state index in [0.29, 0.717) is 36.5 Å². The van der Waals surface area contributed by atoms with E-state index in [1.165, 1.54) is 30.5 Å². The van der Waals surface area contributed by atoms with Gasteiger partial charge in [0.1, 0.15) is 11.9 Å². The first-order chi connectivity index (χ1) is 11.5. The zero-order valence-corrected chi connectivity index (χ0v) is 12.8. The number of nitrogens with zero attached hydrogens (tertiary/aromatic N) is 2. The van der Waals surface area contributed by atoms with Crippen molar-refractivity contribution in [3.8, 4) is 0 Å². The summed E-state index contributed by atoms with van der Waals surface area (Å²) in [4.78, 5) is 29.4. The SMILES string of the molecule is NC(=O)c1ccc(C2CN(C(=O)c3ccc(F)cc3)CCO2)nc1. The number of carbonyl (C=O) groups is 2. The molecule has 1 saturated heterocycles. The summed E-state index contributed by atoms with van der Waals surface area (Å²) < 4.78 is 18.6. The lowest BCUT2D eigenvalue weighted by Crippen LogP contribution is -2.42. The molecule has 0 radical (unpaired) electrons. The van der Waals surface area contributed by atoms with Crippen LogP contribution in [-0.2, 0) is 4.74 Å². The van der Waals surface area contributed by atoms with Gasteiger partial charge < -0.3 is 15.4 Å². The van der Waals surface area contributed by atoms with Crippen LogP contribution in [0.3, 0.4) is 0 Å². The van der Waals surface area contributed by atoms with Gasteiger partial charge in [0.2, 0.25) is 5.91 Å². The Morgan fingerprint density at radius 1 is 1.17 bits per heavy atom. The van der Waals surface area contributed by atoms with Gasteiger partial charge in [-0.3, -0.25) is 14.6 Å². The lowest BCUT2D eigenvalue weighted by molar-refractivity contribution is -0.0247. The molecule has 2 N–H and O–H groups in total. The number of hydrogen-bond acceptors (Lipinski definition) is 4. The highest BCUT2D eigenvalue weighted by atomic mass is 19.1. The molecule has 6 nitrogen and oxygen atoms in total. The average molecular weight is 329 g/mol. The van der Waals surface area contributed by atoms with Crippen LogP contribution < -0.4 is 5.73 Å². The van der Waals surface area contributed by atoms with E-state index in [2.05, 4.69) is 4.98 Å². The topological polar surface area (TPSA) is 85.5 Å². The standard InChI is InChI=1S/C17H16FN3O3/c18-13-4-1-11(2-5-13)17(23)21-7-8-24-15(10-21)14-6-3-12(9-20-14)16(19)22/h1-6,9,15H,7-8,10H2,(H2,19,22). The highest BCUT2D eigenvalue weighted by Crippen LogP contribution is 2.22. The van der Waals surface area contributed by atoms with Crippen LogP contribution in [0, 0.1) is 5.82 Å². The molecule has 0 bridgehead atoms. The largest absolute Gasteiger partial charge is 0.368 e. The molecule has 124 valence electrons. The molecule has 2 heterocycles. The number of nitrogens with two attached hydrogens (primary N) is 1. The zero-order chi connectivity index (χ0) is 17.1. The summed E-state index contributed by atoms with van der Waals surface area (Å²) in [5.41, 5.74) is 6.55. The van der Waals surface area contributed by atoms with Crippen LogP contribution in [0.4, 0.5) is 4.39 Å². The van der Waals surface area contributed by atoms with Crippen LogP contribution in [0.5, 0.6) is 0 Å². The minimum absolute atomic E-state index is 0.183. The molecule has 3 rings (SSSR count). The summed E-state index contributed by atoms with van der Waals surface area (Å²) in [6, 6.07) is 8.68. The minimum atomic E-state index is -0.549. The van der Waals surface area contributed by atoms with Crippen molar-refractivity contribution < 1.29 is 18.7 Å². The van der Waals surface area contributed by atoms with Crippen LogP contribution in [0.25, 0.3) is 0 Å². The van der Waals surface area contributed by atoms with Crippen LogP contribution in [0.2, 0.25) is 0 Å². The zero-order valence-electron chi connectivity index (χ0n) is 12.8. The summed E-state index contributed by atoms with van der Waals surface area (Å²) in [5.74, 6) is -1.12. The van der Waals surface area contributed by atoms with E-state index in [4.69, 9.17) is 10.5 Å². The van der Waals surface area contributed by atoms with Crippen LogP contribution in [0.15, 0.2) is 42.6 Å². The summed E-state index contributed by atoms with van der Waals surface area (Å²) in [6.07, 6.45) is 1.01. The maximum atomic E-state index is 13.0. The van der Waals surface area contributed by atoms with E-state index >= 15 is 0 Å². The number of primary amides is 1. The van der Waals surface area contributed by atoms with E-state index in [0.717, 1.165) is 0 Å². The van der Waals surface area contributed by atoms with Crippen molar-refractivity contribution in [1.82, 2.24) is 9.88 Å². The van der Waals surface area contributed by atoms with Crippen LogP contribution in [0.1, 0.15) is 32.5 Å². The van der Waals surface area contributed by atoms with Crippen molar-refractivity contribution in [3.05, 3.63) is 65.2 Å². The highest BCUT2D eigenvalue weighted by molar-refractivity contribution is 5.94. The molecule has 0 saturated carbocycles. The molecule has 0 spiro atoms. The molecule has 2 amide bonds. The third-order valence-electron chi connectivity index (χ3n) is 3.85. The second-order valence-electron chi connectivity index (χ2n) is 5.45. The third-order valence-corrected chi connectivity index (χ3v) is 3.85. The smallest absolute Gasteiger partial charge is 0.254 e. The maximum absolute atomic E-state index is 13.0. The maximum Gasteiger partial charge on any atom is 0.254 e. The van der Waals surface area contributed by atoms with Crippen molar-refractivity contribution in [3.63, 3.8) is 0 Å². The molecule has 0 aliphatic carbocycles. The Morgan fingerprint density at radius 2 is 1.88 bits per heavy atom.